The molecule has 1 aliphatic rings. The Balaban J connectivity index is 1.86. The van der Waals surface area contributed by atoms with Crippen molar-refractivity contribution in [3.63, 3.8) is 0 Å². The van der Waals surface area contributed by atoms with Crippen molar-refractivity contribution in [3.05, 3.63) is 30.1 Å². The topological polar surface area (TPSA) is 50.9 Å². The van der Waals surface area contributed by atoms with Crippen molar-refractivity contribution in [2.75, 3.05) is 19.6 Å². The lowest BCUT2D eigenvalue weighted by Gasteiger charge is -2.42. The summed E-state index contributed by atoms with van der Waals surface area (Å²) in [6.45, 7) is 7.39. The smallest absolute Gasteiger partial charge is 0.0270 e. The number of nitrogens with zero attached hydrogens (tertiary/aromatic N) is 1. The van der Waals surface area contributed by atoms with Crippen LogP contribution in [0.3, 0.4) is 0 Å². The van der Waals surface area contributed by atoms with Crippen molar-refractivity contribution in [2.45, 2.75) is 38.5 Å². The van der Waals surface area contributed by atoms with Gasteiger partial charge in [0.25, 0.3) is 0 Å². The number of hydrogen-bond donors (Lipinski definition) is 2. The molecule has 0 atom stereocenters. The van der Waals surface area contributed by atoms with Crippen molar-refractivity contribution in [2.24, 2.45) is 11.1 Å². The van der Waals surface area contributed by atoms with Crippen LogP contribution in [0.2, 0.25) is 0 Å². The van der Waals surface area contributed by atoms with Crippen LogP contribution in [0.4, 0.5) is 0 Å². The largest absolute Gasteiger partial charge is 0.330 e. The Bertz CT molecular complexity index is 363. The minimum atomic E-state index is 0.141. The van der Waals surface area contributed by atoms with E-state index in [-0.39, 0.29) is 5.41 Å². The van der Waals surface area contributed by atoms with Gasteiger partial charge in [-0.3, -0.25) is 4.98 Å². The minimum absolute atomic E-state index is 0.141. The summed E-state index contributed by atoms with van der Waals surface area (Å²) >= 11 is 0. The molecule has 3 N–H and O–H groups in total. The minimum Gasteiger partial charge on any atom is -0.330 e. The fourth-order valence-electron chi connectivity index (χ4n) is 2.68. The molecule has 0 aromatic carbocycles. The Kier molecular flexibility index (Phi) is 4.03. The second-order valence-electron chi connectivity index (χ2n) is 6.28. The van der Waals surface area contributed by atoms with Crippen molar-refractivity contribution < 1.29 is 0 Å². The summed E-state index contributed by atoms with van der Waals surface area (Å²) in [5.74, 6) is 0. The quantitative estimate of drug-likeness (QED) is 0.809. The van der Waals surface area contributed by atoms with Gasteiger partial charge in [0.2, 0.25) is 0 Å². The molecule has 3 heteroatoms. The Morgan fingerprint density at radius 1 is 1.33 bits per heavy atom. The standard InChI is InChI=1S/C15H25N3/c1-14(2,13-4-8-17-9-5-13)11-18-12-15(10-16)6-3-7-15/h4-5,8-9,18H,3,6-7,10-12,16H2,1-2H3. The summed E-state index contributed by atoms with van der Waals surface area (Å²) in [7, 11) is 0. The van der Waals surface area contributed by atoms with Gasteiger partial charge in [-0.05, 0) is 42.5 Å². The summed E-state index contributed by atoms with van der Waals surface area (Å²) in [4.78, 5) is 4.08. The first-order valence-corrected chi connectivity index (χ1v) is 6.89. The van der Waals surface area contributed by atoms with Crippen molar-refractivity contribution in [3.8, 4) is 0 Å². The number of nitrogens with two attached hydrogens (primary N) is 1. The van der Waals surface area contributed by atoms with Gasteiger partial charge < -0.3 is 11.1 Å². The lowest BCUT2D eigenvalue weighted by Crippen LogP contribution is -2.47. The number of rotatable bonds is 6. The highest BCUT2D eigenvalue weighted by molar-refractivity contribution is 5.21. The van der Waals surface area contributed by atoms with Gasteiger partial charge in [-0.1, -0.05) is 20.3 Å². The SMILES string of the molecule is CC(C)(CNCC1(CN)CCC1)c1ccncc1. The van der Waals surface area contributed by atoms with E-state index in [0.717, 1.165) is 19.6 Å². The number of pyridine rings is 1. The first-order chi connectivity index (χ1) is 8.58. The molecule has 0 radical (unpaired) electrons. The predicted molar refractivity (Wildman–Crippen MR) is 75.5 cm³/mol. The van der Waals surface area contributed by atoms with Crippen LogP contribution in [0.15, 0.2) is 24.5 Å². The molecular weight excluding hydrogens is 222 g/mol. The average molecular weight is 247 g/mol. The van der Waals surface area contributed by atoms with E-state index in [1.807, 2.05) is 12.4 Å². The summed E-state index contributed by atoms with van der Waals surface area (Å²) in [5, 5.41) is 3.62. The van der Waals surface area contributed by atoms with Crippen LogP contribution in [-0.2, 0) is 5.41 Å². The maximum atomic E-state index is 5.88. The van der Waals surface area contributed by atoms with E-state index in [1.165, 1.54) is 24.8 Å². The van der Waals surface area contributed by atoms with Gasteiger partial charge in [0.05, 0.1) is 0 Å². The van der Waals surface area contributed by atoms with Gasteiger partial charge in [0.1, 0.15) is 0 Å². The second-order valence-corrected chi connectivity index (χ2v) is 6.28. The fourth-order valence-corrected chi connectivity index (χ4v) is 2.68. The Morgan fingerprint density at radius 3 is 2.50 bits per heavy atom. The summed E-state index contributed by atoms with van der Waals surface area (Å²) in [6, 6.07) is 4.20. The van der Waals surface area contributed by atoms with Gasteiger partial charge in [0.15, 0.2) is 0 Å². The van der Waals surface area contributed by atoms with E-state index in [4.69, 9.17) is 5.73 Å². The Labute approximate surface area is 110 Å². The number of nitrogens with one attached hydrogen (secondary N) is 1. The summed E-state index contributed by atoms with van der Waals surface area (Å²) in [6.07, 6.45) is 7.64. The molecule has 0 spiro atoms. The molecule has 0 unspecified atom stereocenters. The highest BCUT2D eigenvalue weighted by Crippen LogP contribution is 2.39. The van der Waals surface area contributed by atoms with Gasteiger partial charge >= 0.3 is 0 Å². The third-order valence-corrected chi connectivity index (χ3v) is 4.38. The fraction of sp³-hybridized carbons (Fsp3) is 0.667. The molecule has 2 rings (SSSR count). The van der Waals surface area contributed by atoms with Crippen LogP contribution >= 0.6 is 0 Å². The normalized spacial score (nSPS) is 18.4. The van der Waals surface area contributed by atoms with Gasteiger partial charge in [0, 0.05) is 30.9 Å². The molecule has 1 aromatic rings. The molecule has 1 fully saturated rings. The molecule has 0 aliphatic heterocycles. The van der Waals surface area contributed by atoms with Gasteiger partial charge in [-0.25, -0.2) is 0 Å². The lowest BCUT2D eigenvalue weighted by atomic mass is 9.68. The molecule has 3 nitrogen and oxygen atoms in total. The number of hydrogen-bond acceptors (Lipinski definition) is 3. The summed E-state index contributed by atoms with van der Waals surface area (Å²) < 4.78 is 0. The molecule has 100 valence electrons. The number of aromatic nitrogens is 1. The van der Waals surface area contributed by atoms with Crippen LogP contribution < -0.4 is 11.1 Å². The first kappa shape index (κ1) is 13.5. The predicted octanol–water partition coefficient (Wildman–Crippen LogP) is 2.08. The molecule has 1 saturated carbocycles. The van der Waals surface area contributed by atoms with Gasteiger partial charge in [-0.2, -0.15) is 0 Å². The lowest BCUT2D eigenvalue weighted by molar-refractivity contribution is 0.138. The Morgan fingerprint density at radius 2 is 2.00 bits per heavy atom. The molecule has 0 bridgehead atoms. The van der Waals surface area contributed by atoms with Crippen LogP contribution in [-0.4, -0.2) is 24.6 Å². The zero-order valence-corrected chi connectivity index (χ0v) is 11.6. The molecule has 1 heterocycles. The van der Waals surface area contributed by atoms with Crippen LogP contribution in [0, 0.1) is 5.41 Å². The van der Waals surface area contributed by atoms with Crippen molar-refractivity contribution >= 4 is 0 Å². The third-order valence-electron chi connectivity index (χ3n) is 4.38. The summed E-state index contributed by atoms with van der Waals surface area (Å²) in [5.41, 5.74) is 7.74. The maximum absolute atomic E-state index is 5.88. The zero-order valence-electron chi connectivity index (χ0n) is 11.6. The first-order valence-electron chi connectivity index (χ1n) is 6.89. The van der Waals surface area contributed by atoms with Crippen molar-refractivity contribution in [1.82, 2.24) is 10.3 Å². The van der Waals surface area contributed by atoms with E-state index in [9.17, 15) is 0 Å². The molecule has 18 heavy (non-hydrogen) atoms. The second kappa shape index (κ2) is 5.37. The van der Waals surface area contributed by atoms with Crippen LogP contribution in [0.25, 0.3) is 0 Å². The highest BCUT2D eigenvalue weighted by atomic mass is 14.9. The van der Waals surface area contributed by atoms with E-state index >= 15 is 0 Å². The van der Waals surface area contributed by atoms with Crippen LogP contribution in [0.1, 0.15) is 38.7 Å². The molecular formula is C15H25N3. The molecule has 0 saturated heterocycles. The third kappa shape index (κ3) is 2.90. The van der Waals surface area contributed by atoms with Gasteiger partial charge in [-0.15, -0.1) is 0 Å². The van der Waals surface area contributed by atoms with E-state index < -0.39 is 0 Å². The zero-order chi connectivity index (χ0) is 13.1. The molecule has 1 aromatic heterocycles. The molecule has 1 aliphatic carbocycles. The average Bonchev–Trinajstić information content (AvgIpc) is 2.34. The maximum Gasteiger partial charge on any atom is 0.0270 e. The van der Waals surface area contributed by atoms with E-state index in [0.29, 0.717) is 5.41 Å². The molecule has 0 amide bonds. The monoisotopic (exact) mass is 247 g/mol. The highest BCUT2D eigenvalue weighted by Gasteiger charge is 2.35. The van der Waals surface area contributed by atoms with E-state index in [1.54, 1.807) is 0 Å². The van der Waals surface area contributed by atoms with E-state index in [2.05, 4.69) is 36.3 Å². The Hall–Kier alpha value is -0.930. The van der Waals surface area contributed by atoms with Crippen LogP contribution in [0.5, 0.6) is 0 Å². The van der Waals surface area contributed by atoms with Crippen molar-refractivity contribution in [1.29, 1.82) is 0 Å².